The zero-order chi connectivity index (χ0) is 15.8. The van der Waals surface area contributed by atoms with Crippen LogP contribution in [0.15, 0.2) is 48.7 Å². The lowest BCUT2D eigenvalue weighted by atomic mass is 10.1. The van der Waals surface area contributed by atoms with Gasteiger partial charge in [-0.3, -0.25) is 9.78 Å². The molecule has 1 aliphatic carbocycles. The first-order chi connectivity index (χ1) is 11.2. The molecule has 114 valence electrons. The first-order valence-corrected chi connectivity index (χ1v) is 7.90. The summed E-state index contributed by atoms with van der Waals surface area (Å²) in [5, 5.41) is 3.58. The third-order valence-corrected chi connectivity index (χ3v) is 4.14. The Kier molecular flexibility index (Phi) is 3.46. The maximum atomic E-state index is 11.8. The molecule has 1 aliphatic rings. The number of hydrogen-bond acceptors (Lipinski definition) is 3. The summed E-state index contributed by atoms with van der Waals surface area (Å²) in [5.41, 5.74) is 4.14. The average molecular weight is 324 g/mol. The molecule has 1 heterocycles. The predicted molar refractivity (Wildman–Crippen MR) is 91.3 cm³/mol. The lowest BCUT2D eigenvalue weighted by Gasteiger charge is -2.06. The van der Waals surface area contributed by atoms with Crippen LogP contribution in [0.5, 0.6) is 0 Å². The number of carbonyl (C=O) groups is 1. The van der Waals surface area contributed by atoms with E-state index in [1.54, 1.807) is 18.3 Å². The van der Waals surface area contributed by atoms with Crippen molar-refractivity contribution in [1.82, 2.24) is 9.97 Å². The summed E-state index contributed by atoms with van der Waals surface area (Å²) in [6, 6.07) is 13.1. The summed E-state index contributed by atoms with van der Waals surface area (Å²) in [5.74, 6) is 0.313. The van der Waals surface area contributed by atoms with E-state index < -0.39 is 0 Å². The standard InChI is InChI=1S/C18H14ClN3O/c19-13-5-8-15-16(9-13)20-10-17(22-15)11-3-6-14(7-4-11)21-18(23)12-1-2-12/h3-10,12H,1-2H2,(H,21,23). The second kappa shape index (κ2) is 5.63. The lowest BCUT2D eigenvalue weighted by Crippen LogP contribution is -2.12. The smallest absolute Gasteiger partial charge is 0.227 e. The summed E-state index contributed by atoms with van der Waals surface area (Å²) < 4.78 is 0. The Labute approximate surface area is 138 Å². The number of aromatic nitrogens is 2. The minimum Gasteiger partial charge on any atom is -0.326 e. The van der Waals surface area contributed by atoms with E-state index in [9.17, 15) is 4.79 Å². The van der Waals surface area contributed by atoms with E-state index >= 15 is 0 Å². The highest BCUT2D eigenvalue weighted by molar-refractivity contribution is 6.31. The Morgan fingerprint density at radius 1 is 1.09 bits per heavy atom. The highest BCUT2D eigenvalue weighted by Gasteiger charge is 2.29. The Morgan fingerprint density at radius 2 is 1.87 bits per heavy atom. The van der Waals surface area contributed by atoms with Gasteiger partial charge >= 0.3 is 0 Å². The number of anilines is 1. The van der Waals surface area contributed by atoms with Crippen LogP contribution in [0.4, 0.5) is 5.69 Å². The number of halogens is 1. The van der Waals surface area contributed by atoms with Crippen molar-refractivity contribution < 1.29 is 4.79 Å². The van der Waals surface area contributed by atoms with Crippen LogP contribution in [0.25, 0.3) is 22.3 Å². The molecule has 1 N–H and O–H groups in total. The molecule has 0 atom stereocenters. The van der Waals surface area contributed by atoms with Crippen LogP contribution in [-0.4, -0.2) is 15.9 Å². The normalized spacial score (nSPS) is 14.0. The quantitative estimate of drug-likeness (QED) is 0.782. The van der Waals surface area contributed by atoms with Gasteiger partial charge < -0.3 is 5.32 Å². The fourth-order valence-corrected chi connectivity index (χ4v) is 2.60. The van der Waals surface area contributed by atoms with Crippen molar-refractivity contribution in [3.63, 3.8) is 0 Å². The van der Waals surface area contributed by atoms with E-state index in [2.05, 4.69) is 15.3 Å². The van der Waals surface area contributed by atoms with Gasteiger partial charge in [-0.05, 0) is 43.2 Å². The number of hydrogen-bond donors (Lipinski definition) is 1. The summed E-state index contributed by atoms with van der Waals surface area (Å²) in [6.07, 6.45) is 3.73. The zero-order valence-electron chi connectivity index (χ0n) is 12.3. The SMILES string of the molecule is O=C(Nc1ccc(-c2cnc3cc(Cl)ccc3n2)cc1)C1CC1. The fraction of sp³-hybridized carbons (Fsp3) is 0.167. The van der Waals surface area contributed by atoms with Gasteiger partial charge in [0.2, 0.25) is 5.91 Å². The summed E-state index contributed by atoms with van der Waals surface area (Å²) >= 11 is 5.96. The van der Waals surface area contributed by atoms with Crippen molar-refractivity contribution in [2.24, 2.45) is 5.92 Å². The molecule has 1 saturated carbocycles. The Balaban J connectivity index is 1.59. The second-order valence-corrected chi connectivity index (χ2v) is 6.17. The molecule has 0 spiro atoms. The highest BCUT2D eigenvalue weighted by atomic mass is 35.5. The molecule has 0 radical (unpaired) electrons. The van der Waals surface area contributed by atoms with Crippen molar-refractivity contribution in [3.05, 3.63) is 53.7 Å². The number of benzene rings is 2. The van der Waals surface area contributed by atoms with Crippen LogP contribution in [0.3, 0.4) is 0 Å². The predicted octanol–water partition coefficient (Wildman–Crippen LogP) is 4.30. The maximum Gasteiger partial charge on any atom is 0.227 e. The van der Waals surface area contributed by atoms with Gasteiger partial charge in [-0.25, -0.2) is 4.98 Å². The molecule has 4 rings (SSSR count). The summed E-state index contributed by atoms with van der Waals surface area (Å²) in [6.45, 7) is 0. The number of nitrogens with zero attached hydrogens (tertiary/aromatic N) is 2. The fourth-order valence-electron chi connectivity index (χ4n) is 2.44. The van der Waals surface area contributed by atoms with Crippen molar-refractivity contribution in [1.29, 1.82) is 0 Å². The van der Waals surface area contributed by atoms with E-state index in [-0.39, 0.29) is 11.8 Å². The van der Waals surface area contributed by atoms with Crippen LogP contribution >= 0.6 is 11.6 Å². The Hall–Kier alpha value is -2.46. The molecule has 2 aromatic carbocycles. The number of carbonyl (C=O) groups excluding carboxylic acids is 1. The molecular formula is C18H14ClN3O. The molecule has 0 bridgehead atoms. The zero-order valence-corrected chi connectivity index (χ0v) is 13.0. The maximum absolute atomic E-state index is 11.8. The van der Waals surface area contributed by atoms with E-state index in [4.69, 9.17) is 11.6 Å². The number of fused-ring (bicyclic) bond motifs is 1. The molecule has 1 amide bonds. The molecule has 0 aliphatic heterocycles. The molecule has 3 aromatic rings. The highest BCUT2D eigenvalue weighted by Crippen LogP contribution is 2.30. The molecule has 0 saturated heterocycles. The third kappa shape index (κ3) is 3.03. The van der Waals surface area contributed by atoms with Crippen LogP contribution in [0, 0.1) is 5.92 Å². The van der Waals surface area contributed by atoms with Crippen LogP contribution < -0.4 is 5.32 Å². The van der Waals surface area contributed by atoms with E-state index in [0.717, 1.165) is 40.8 Å². The molecule has 5 heteroatoms. The topological polar surface area (TPSA) is 54.9 Å². The number of nitrogens with one attached hydrogen (secondary N) is 1. The van der Waals surface area contributed by atoms with Crippen LogP contribution in [0.2, 0.25) is 5.02 Å². The van der Waals surface area contributed by atoms with Crippen molar-refractivity contribution in [3.8, 4) is 11.3 Å². The minimum absolute atomic E-state index is 0.111. The van der Waals surface area contributed by atoms with Gasteiger partial charge in [-0.1, -0.05) is 23.7 Å². The van der Waals surface area contributed by atoms with Crippen molar-refractivity contribution in [2.75, 3.05) is 5.32 Å². The second-order valence-electron chi connectivity index (χ2n) is 5.73. The third-order valence-electron chi connectivity index (χ3n) is 3.90. The van der Waals surface area contributed by atoms with Gasteiger partial charge in [0.1, 0.15) is 0 Å². The first kappa shape index (κ1) is 14.2. The first-order valence-electron chi connectivity index (χ1n) is 7.53. The van der Waals surface area contributed by atoms with Gasteiger partial charge in [0.25, 0.3) is 0 Å². The number of rotatable bonds is 3. The Morgan fingerprint density at radius 3 is 2.61 bits per heavy atom. The van der Waals surface area contributed by atoms with Crippen LogP contribution in [0.1, 0.15) is 12.8 Å². The van der Waals surface area contributed by atoms with E-state index in [1.165, 1.54) is 0 Å². The van der Waals surface area contributed by atoms with Gasteiger partial charge in [0.05, 0.1) is 22.9 Å². The molecule has 1 aromatic heterocycles. The van der Waals surface area contributed by atoms with Crippen molar-refractivity contribution >= 4 is 34.2 Å². The summed E-state index contributed by atoms with van der Waals surface area (Å²) in [7, 11) is 0. The van der Waals surface area contributed by atoms with Gasteiger partial charge in [0.15, 0.2) is 0 Å². The average Bonchev–Trinajstić information content (AvgIpc) is 3.40. The van der Waals surface area contributed by atoms with Gasteiger partial charge in [-0.15, -0.1) is 0 Å². The van der Waals surface area contributed by atoms with Gasteiger partial charge in [-0.2, -0.15) is 0 Å². The van der Waals surface area contributed by atoms with E-state index in [1.807, 2.05) is 30.3 Å². The molecule has 1 fully saturated rings. The van der Waals surface area contributed by atoms with Gasteiger partial charge in [0, 0.05) is 22.2 Å². The molecule has 23 heavy (non-hydrogen) atoms. The van der Waals surface area contributed by atoms with E-state index in [0.29, 0.717) is 5.02 Å². The summed E-state index contributed by atoms with van der Waals surface area (Å²) in [4.78, 5) is 20.8. The minimum atomic E-state index is 0.111. The largest absolute Gasteiger partial charge is 0.326 e. The molecule has 4 nitrogen and oxygen atoms in total. The van der Waals surface area contributed by atoms with Crippen molar-refractivity contribution in [2.45, 2.75) is 12.8 Å². The number of amides is 1. The lowest BCUT2D eigenvalue weighted by molar-refractivity contribution is -0.117. The molecule has 0 unspecified atom stereocenters. The monoisotopic (exact) mass is 323 g/mol. The Bertz CT molecular complexity index is 888. The van der Waals surface area contributed by atoms with Crippen LogP contribution in [-0.2, 0) is 4.79 Å². The molecular weight excluding hydrogens is 310 g/mol.